The zero-order valence-electron chi connectivity index (χ0n) is 16.3. The fourth-order valence-electron chi connectivity index (χ4n) is 3.01. The van der Waals surface area contributed by atoms with Crippen molar-refractivity contribution in [1.29, 1.82) is 0 Å². The zero-order chi connectivity index (χ0) is 19.9. The van der Waals surface area contributed by atoms with E-state index >= 15 is 0 Å². The van der Waals surface area contributed by atoms with Gasteiger partial charge in [0, 0.05) is 51.3 Å². The average molecular weight is 382 g/mol. The van der Waals surface area contributed by atoms with Gasteiger partial charge >= 0.3 is 0 Å². The molecule has 1 saturated heterocycles. The number of hydrogen-bond acceptors (Lipinski definition) is 6. The van der Waals surface area contributed by atoms with Gasteiger partial charge in [-0.1, -0.05) is 17.7 Å². The number of aryl methyl sites for hydroxylation is 1. The van der Waals surface area contributed by atoms with Gasteiger partial charge < -0.3 is 15.1 Å². The smallest absolute Gasteiger partial charge is 0.243 e. The molecule has 1 aliphatic heterocycles. The van der Waals surface area contributed by atoms with Crippen molar-refractivity contribution in [3.8, 4) is 0 Å². The summed E-state index contributed by atoms with van der Waals surface area (Å²) in [6, 6.07) is 9.37. The maximum atomic E-state index is 12.5. The minimum absolute atomic E-state index is 0.0323. The molecule has 28 heavy (non-hydrogen) atoms. The summed E-state index contributed by atoms with van der Waals surface area (Å²) >= 11 is 0. The average Bonchev–Trinajstić information content (AvgIpc) is 2.71. The standard InChI is InChI=1S/C20H26N6O2/c1-16-4-6-17(7-5-16)23-18(27)14-24(2)19(28)15-25-10-12-26(13-11-25)20-21-8-3-9-22-20/h3-9H,10-15H2,1-2H3,(H,23,27). The molecule has 2 heterocycles. The van der Waals surface area contributed by atoms with Crippen LogP contribution in [0.15, 0.2) is 42.7 Å². The largest absolute Gasteiger partial charge is 0.338 e. The number of nitrogens with one attached hydrogen (secondary N) is 1. The lowest BCUT2D eigenvalue weighted by molar-refractivity contribution is -0.134. The van der Waals surface area contributed by atoms with Crippen molar-refractivity contribution in [3.63, 3.8) is 0 Å². The molecule has 0 unspecified atom stereocenters. The quantitative estimate of drug-likeness (QED) is 0.803. The van der Waals surface area contributed by atoms with Crippen LogP contribution in [-0.2, 0) is 9.59 Å². The first-order valence-electron chi connectivity index (χ1n) is 9.36. The highest BCUT2D eigenvalue weighted by atomic mass is 16.2. The Bertz CT molecular complexity index is 788. The van der Waals surface area contributed by atoms with Gasteiger partial charge in [0.1, 0.15) is 0 Å². The molecule has 0 bridgehead atoms. The lowest BCUT2D eigenvalue weighted by Crippen LogP contribution is -2.50. The number of aromatic nitrogens is 2. The molecule has 1 N–H and O–H groups in total. The van der Waals surface area contributed by atoms with Crippen LogP contribution in [0.2, 0.25) is 0 Å². The van der Waals surface area contributed by atoms with E-state index < -0.39 is 0 Å². The Balaban J connectivity index is 1.42. The predicted octanol–water partition coefficient (Wildman–Crippen LogP) is 1.00. The third-order valence-corrected chi connectivity index (χ3v) is 4.71. The van der Waals surface area contributed by atoms with E-state index in [1.54, 1.807) is 25.5 Å². The van der Waals surface area contributed by atoms with Crippen molar-refractivity contribution >= 4 is 23.5 Å². The first kappa shape index (κ1) is 19.8. The van der Waals surface area contributed by atoms with Crippen LogP contribution in [-0.4, -0.2) is 77.9 Å². The number of rotatable bonds is 6. The van der Waals surface area contributed by atoms with E-state index in [2.05, 4.69) is 25.1 Å². The molecule has 0 aliphatic carbocycles. The fourth-order valence-corrected chi connectivity index (χ4v) is 3.01. The van der Waals surface area contributed by atoms with Gasteiger partial charge in [0.05, 0.1) is 13.1 Å². The van der Waals surface area contributed by atoms with Crippen LogP contribution in [0.1, 0.15) is 5.56 Å². The number of anilines is 2. The first-order valence-corrected chi connectivity index (χ1v) is 9.36. The van der Waals surface area contributed by atoms with Crippen molar-refractivity contribution in [1.82, 2.24) is 19.8 Å². The van der Waals surface area contributed by atoms with Gasteiger partial charge in [-0.25, -0.2) is 9.97 Å². The Morgan fingerprint density at radius 2 is 1.71 bits per heavy atom. The van der Waals surface area contributed by atoms with Crippen LogP contribution < -0.4 is 10.2 Å². The van der Waals surface area contributed by atoms with E-state index in [4.69, 9.17) is 0 Å². The monoisotopic (exact) mass is 382 g/mol. The van der Waals surface area contributed by atoms with E-state index in [0.29, 0.717) is 6.54 Å². The van der Waals surface area contributed by atoms with Gasteiger partial charge in [0.2, 0.25) is 17.8 Å². The minimum atomic E-state index is -0.203. The molecule has 1 aromatic carbocycles. The molecule has 148 valence electrons. The Kier molecular flexibility index (Phi) is 6.54. The number of piperazine rings is 1. The van der Waals surface area contributed by atoms with E-state index in [0.717, 1.165) is 43.4 Å². The molecule has 0 spiro atoms. The normalized spacial score (nSPS) is 14.6. The minimum Gasteiger partial charge on any atom is -0.338 e. The highest BCUT2D eigenvalue weighted by molar-refractivity contribution is 5.94. The molecule has 0 atom stereocenters. The molecule has 1 aromatic heterocycles. The van der Waals surface area contributed by atoms with Gasteiger partial charge in [-0.15, -0.1) is 0 Å². The number of carbonyl (C=O) groups is 2. The van der Waals surface area contributed by atoms with Crippen LogP contribution in [0, 0.1) is 6.92 Å². The lowest BCUT2D eigenvalue weighted by Gasteiger charge is -2.34. The van der Waals surface area contributed by atoms with Crippen molar-refractivity contribution in [2.75, 3.05) is 56.5 Å². The summed E-state index contributed by atoms with van der Waals surface area (Å²) < 4.78 is 0. The number of likely N-dealkylation sites (N-methyl/N-ethyl adjacent to an activating group) is 1. The summed E-state index contributed by atoms with van der Waals surface area (Å²) in [5, 5.41) is 2.82. The maximum Gasteiger partial charge on any atom is 0.243 e. The Hall–Kier alpha value is -3.00. The van der Waals surface area contributed by atoms with Crippen molar-refractivity contribution in [3.05, 3.63) is 48.3 Å². The topological polar surface area (TPSA) is 81.7 Å². The molecule has 0 radical (unpaired) electrons. The van der Waals surface area contributed by atoms with Crippen LogP contribution in [0.25, 0.3) is 0 Å². The highest BCUT2D eigenvalue weighted by Crippen LogP contribution is 2.10. The molecule has 1 fully saturated rings. The van der Waals surface area contributed by atoms with E-state index in [1.165, 1.54) is 4.90 Å². The van der Waals surface area contributed by atoms with Crippen molar-refractivity contribution in [2.24, 2.45) is 0 Å². The number of nitrogens with zero attached hydrogens (tertiary/aromatic N) is 5. The summed E-state index contributed by atoms with van der Waals surface area (Å²) in [4.78, 5) is 38.8. The van der Waals surface area contributed by atoms with E-state index in [1.807, 2.05) is 31.2 Å². The molecule has 0 saturated carbocycles. The van der Waals surface area contributed by atoms with Crippen LogP contribution in [0.4, 0.5) is 11.6 Å². The van der Waals surface area contributed by atoms with Crippen molar-refractivity contribution in [2.45, 2.75) is 6.92 Å². The summed E-state index contributed by atoms with van der Waals surface area (Å²) in [5.74, 6) is 0.451. The van der Waals surface area contributed by atoms with Gasteiger partial charge in [-0.3, -0.25) is 14.5 Å². The predicted molar refractivity (Wildman–Crippen MR) is 108 cm³/mol. The Morgan fingerprint density at radius 1 is 1.07 bits per heavy atom. The zero-order valence-corrected chi connectivity index (χ0v) is 16.3. The number of hydrogen-bond donors (Lipinski definition) is 1. The molecule has 1 aliphatic rings. The fraction of sp³-hybridized carbons (Fsp3) is 0.400. The Labute approximate surface area is 165 Å². The molecular formula is C20H26N6O2. The second-order valence-electron chi connectivity index (χ2n) is 6.98. The molecule has 2 aromatic rings. The van der Waals surface area contributed by atoms with Crippen LogP contribution in [0.5, 0.6) is 0 Å². The SMILES string of the molecule is Cc1ccc(NC(=O)CN(C)C(=O)CN2CCN(c3ncccn3)CC2)cc1. The van der Waals surface area contributed by atoms with Gasteiger partial charge in [-0.2, -0.15) is 0 Å². The van der Waals surface area contributed by atoms with E-state index in [9.17, 15) is 9.59 Å². The van der Waals surface area contributed by atoms with E-state index in [-0.39, 0.29) is 18.4 Å². The second-order valence-corrected chi connectivity index (χ2v) is 6.98. The van der Waals surface area contributed by atoms with Gasteiger partial charge in [-0.05, 0) is 25.1 Å². The molecular weight excluding hydrogens is 356 g/mol. The van der Waals surface area contributed by atoms with Crippen LogP contribution in [0.3, 0.4) is 0 Å². The Morgan fingerprint density at radius 3 is 2.36 bits per heavy atom. The summed E-state index contributed by atoms with van der Waals surface area (Å²) in [5.41, 5.74) is 1.86. The number of carbonyl (C=O) groups excluding carboxylic acids is 2. The van der Waals surface area contributed by atoms with Crippen molar-refractivity contribution < 1.29 is 9.59 Å². The second kappa shape index (κ2) is 9.27. The molecule has 2 amide bonds. The lowest BCUT2D eigenvalue weighted by atomic mass is 10.2. The molecule has 3 rings (SSSR count). The first-order chi connectivity index (χ1) is 13.5. The molecule has 8 nitrogen and oxygen atoms in total. The highest BCUT2D eigenvalue weighted by Gasteiger charge is 2.22. The third-order valence-electron chi connectivity index (χ3n) is 4.71. The summed E-state index contributed by atoms with van der Waals surface area (Å²) in [6.45, 7) is 5.39. The number of amides is 2. The summed E-state index contributed by atoms with van der Waals surface area (Å²) in [7, 11) is 1.66. The number of benzene rings is 1. The van der Waals surface area contributed by atoms with Gasteiger partial charge in [0.15, 0.2) is 0 Å². The maximum absolute atomic E-state index is 12.5. The molecule has 8 heteroatoms. The summed E-state index contributed by atoms with van der Waals surface area (Å²) in [6.07, 6.45) is 3.46. The van der Waals surface area contributed by atoms with Crippen LogP contribution >= 0.6 is 0 Å². The third kappa shape index (κ3) is 5.50. The van der Waals surface area contributed by atoms with Gasteiger partial charge in [0.25, 0.3) is 0 Å².